The van der Waals surface area contributed by atoms with Gasteiger partial charge in [-0.1, -0.05) is 0 Å². The molecule has 0 unspecified atom stereocenters. The highest BCUT2D eigenvalue weighted by Gasteiger charge is 2.14. The van der Waals surface area contributed by atoms with Crippen LogP contribution in [0.1, 0.15) is 49.9 Å². The molecule has 1 amide bonds. The van der Waals surface area contributed by atoms with E-state index >= 15 is 0 Å². The van der Waals surface area contributed by atoms with Crippen molar-refractivity contribution in [3.8, 4) is 0 Å². The molecule has 1 atom stereocenters. The largest absolute Gasteiger partial charge is 0.346 e. The molecule has 0 spiro atoms. The Hall–Kier alpha value is -2.18. The monoisotopic (exact) mass is 304 g/mol. The molecule has 0 radical (unpaired) electrons. The first kappa shape index (κ1) is 16.2. The van der Waals surface area contributed by atoms with Crippen molar-refractivity contribution in [2.45, 2.75) is 59.7 Å². The summed E-state index contributed by atoms with van der Waals surface area (Å²) in [6.45, 7) is 9.50. The predicted molar refractivity (Wildman–Crippen MR) is 83.2 cm³/mol. The second kappa shape index (κ2) is 7.20. The summed E-state index contributed by atoms with van der Waals surface area (Å²) < 4.78 is 3.88. The van der Waals surface area contributed by atoms with E-state index < -0.39 is 0 Å². The number of aromatic nitrogens is 5. The third-order valence-electron chi connectivity index (χ3n) is 3.63. The number of hydrogen-bond donors (Lipinski definition) is 1. The van der Waals surface area contributed by atoms with E-state index in [0.29, 0.717) is 6.42 Å². The van der Waals surface area contributed by atoms with Crippen molar-refractivity contribution in [2.24, 2.45) is 0 Å². The Kier molecular flexibility index (Phi) is 5.30. The van der Waals surface area contributed by atoms with Gasteiger partial charge in [0.05, 0.1) is 11.7 Å². The average Bonchev–Trinajstić information content (AvgIpc) is 3.05. The van der Waals surface area contributed by atoms with Gasteiger partial charge in [-0.05, 0) is 40.2 Å². The number of rotatable bonds is 7. The fourth-order valence-corrected chi connectivity index (χ4v) is 2.51. The molecule has 0 aromatic carbocycles. The van der Waals surface area contributed by atoms with E-state index in [-0.39, 0.29) is 11.9 Å². The summed E-state index contributed by atoms with van der Waals surface area (Å²) in [4.78, 5) is 12.0. The van der Waals surface area contributed by atoms with Crippen LogP contribution in [0.5, 0.6) is 0 Å². The SMILES string of the molecule is CCn1cnnc1[C@@H](C)NC(=O)CCCn1nc(C)cc1C. The fourth-order valence-electron chi connectivity index (χ4n) is 2.51. The first-order valence-corrected chi connectivity index (χ1v) is 7.69. The summed E-state index contributed by atoms with van der Waals surface area (Å²) in [7, 11) is 0. The summed E-state index contributed by atoms with van der Waals surface area (Å²) >= 11 is 0. The van der Waals surface area contributed by atoms with E-state index in [4.69, 9.17) is 0 Å². The number of nitrogens with zero attached hydrogens (tertiary/aromatic N) is 5. The van der Waals surface area contributed by atoms with Crippen LogP contribution in [-0.2, 0) is 17.9 Å². The number of carbonyl (C=O) groups is 1. The fraction of sp³-hybridized carbons (Fsp3) is 0.600. The van der Waals surface area contributed by atoms with Gasteiger partial charge in [0, 0.05) is 25.2 Å². The minimum Gasteiger partial charge on any atom is -0.346 e. The zero-order chi connectivity index (χ0) is 16.1. The van der Waals surface area contributed by atoms with Crippen molar-refractivity contribution in [3.63, 3.8) is 0 Å². The summed E-state index contributed by atoms with van der Waals surface area (Å²) in [5, 5.41) is 15.3. The van der Waals surface area contributed by atoms with Crippen molar-refractivity contribution < 1.29 is 4.79 Å². The van der Waals surface area contributed by atoms with Crippen molar-refractivity contribution in [1.82, 2.24) is 29.9 Å². The second-order valence-corrected chi connectivity index (χ2v) is 5.52. The van der Waals surface area contributed by atoms with E-state index in [0.717, 1.165) is 36.7 Å². The number of nitrogens with one attached hydrogen (secondary N) is 1. The Morgan fingerprint density at radius 2 is 2.18 bits per heavy atom. The lowest BCUT2D eigenvalue weighted by molar-refractivity contribution is -0.121. The topological polar surface area (TPSA) is 77.6 Å². The van der Waals surface area contributed by atoms with Crippen LogP contribution in [0.25, 0.3) is 0 Å². The molecule has 0 aliphatic rings. The standard InChI is InChI=1S/C15H24N6O/c1-5-20-10-16-18-15(20)13(4)17-14(22)7-6-8-21-12(3)9-11(2)19-21/h9-10,13H,5-8H2,1-4H3,(H,17,22)/t13-/m1/s1. The molecule has 2 aromatic rings. The van der Waals surface area contributed by atoms with Crippen LogP contribution in [0.3, 0.4) is 0 Å². The Bertz CT molecular complexity index is 630. The summed E-state index contributed by atoms with van der Waals surface area (Å²) in [6.07, 6.45) is 2.92. The van der Waals surface area contributed by atoms with Gasteiger partial charge in [0.1, 0.15) is 6.33 Å². The van der Waals surface area contributed by atoms with Crippen LogP contribution >= 0.6 is 0 Å². The maximum absolute atomic E-state index is 12.0. The number of aryl methyl sites for hydroxylation is 4. The van der Waals surface area contributed by atoms with Gasteiger partial charge in [0.2, 0.25) is 5.91 Å². The Morgan fingerprint density at radius 3 is 2.82 bits per heavy atom. The zero-order valence-corrected chi connectivity index (χ0v) is 13.7. The molecule has 7 heteroatoms. The Morgan fingerprint density at radius 1 is 1.41 bits per heavy atom. The van der Waals surface area contributed by atoms with Crippen molar-refractivity contribution >= 4 is 5.91 Å². The van der Waals surface area contributed by atoms with Crippen molar-refractivity contribution in [1.29, 1.82) is 0 Å². The third kappa shape index (κ3) is 3.93. The lowest BCUT2D eigenvalue weighted by Crippen LogP contribution is -2.28. The predicted octanol–water partition coefficient (Wildman–Crippen LogP) is 1.77. The molecule has 120 valence electrons. The van der Waals surface area contributed by atoms with Crippen LogP contribution in [0, 0.1) is 13.8 Å². The van der Waals surface area contributed by atoms with Gasteiger partial charge in [0.25, 0.3) is 0 Å². The van der Waals surface area contributed by atoms with Crippen LogP contribution < -0.4 is 5.32 Å². The molecule has 7 nitrogen and oxygen atoms in total. The molecule has 2 heterocycles. The molecule has 2 aromatic heterocycles. The Labute approximate surface area is 130 Å². The molecule has 1 N–H and O–H groups in total. The van der Waals surface area contributed by atoms with Gasteiger partial charge >= 0.3 is 0 Å². The van der Waals surface area contributed by atoms with Crippen molar-refractivity contribution in [2.75, 3.05) is 0 Å². The molecule has 0 saturated heterocycles. The highest BCUT2D eigenvalue weighted by atomic mass is 16.1. The first-order chi connectivity index (χ1) is 10.5. The smallest absolute Gasteiger partial charge is 0.220 e. The van der Waals surface area contributed by atoms with Crippen LogP contribution in [0.4, 0.5) is 0 Å². The maximum atomic E-state index is 12.0. The lowest BCUT2D eigenvalue weighted by atomic mass is 10.2. The second-order valence-electron chi connectivity index (χ2n) is 5.52. The molecule has 0 aliphatic heterocycles. The van der Waals surface area contributed by atoms with Crippen LogP contribution in [0.2, 0.25) is 0 Å². The average molecular weight is 304 g/mol. The van der Waals surface area contributed by atoms with E-state index in [1.54, 1.807) is 6.33 Å². The van der Waals surface area contributed by atoms with Gasteiger partial charge < -0.3 is 9.88 Å². The van der Waals surface area contributed by atoms with Crippen LogP contribution in [0.15, 0.2) is 12.4 Å². The highest BCUT2D eigenvalue weighted by Crippen LogP contribution is 2.09. The lowest BCUT2D eigenvalue weighted by Gasteiger charge is -2.14. The molecular formula is C15H24N6O. The summed E-state index contributed by atoms with van der Waals surface area (Å²) in [5.41, 5.74) is 2.14. The number of amides is 1. The molecule has 0 saturated carbocycles. The summed E-state index contributed by atoms with van der Waals surface area (Å²) in [6, 6.07) is 1.91. The van der Waals surface area contributed by atoms with E-state index in [1.807, 2.05) is 43.0 Å². The quantitative estimate of drug-likeness (QED) is 0.845. The molecule has 22 heavy (non-hydrogen) atoms. The van der Waals surface area contributed by atoms with Gasteiger partial charge in [-0.15, -0.1) is 10.2 Å². The Balaban J connectivity index is 1.79. The molecule has 0 bridgehead atoms. The van der Waals surface area contributed by atoms with E-state index in [9.17, 15) is 4.79 Å². The van der Waals surface area contributed by atoms with Gasteiger partial charge in [-0.3, -0.25) is 9.48 Å². The molecule has 0 aliphatic carbocycles. The number of hydrogen-bond acceptors (Lipinski definition) is 4. The molecule has 2 rings (SSSR count). The van der Waals surface area contributed by atoms with Crippen LogP contribution in [-0.4, -0.2) is 30.5 Å². The summed E-state index contributed by atoms with van der Waals surface area (Å²) in [5.74, 6) is 0.814. The van der Waals surface area contributed by atoms with Gasteiger partial charge in [-0.2, -0.15) is 5.10 Å². The number of carbonyl (C=O) groups excluding carboxylic acids is 1. The normalized spacial score (nSPS) is 12.4. The van der Waals surface area contributed by atoms with E-state index in [1.165, 1.54) is 0 Å². The molecule has 0 fully saturated rings. The third-order valence-corrected chi connectivity index (χ3v) is 3.63. The van der Waals surface area contributed by atoms with Gasteiger partial charge in [-0.25, -0.2) is 0 Å². The minimum atomic E-state index is -0.136. The van der Waals surface area contributed by atoms with E-state index in [2.05, 4.69) is 20.6 Å². The van der Waals surface area contributed by atoms with Gasteiger partial charge in [0.15, 0.2) is 5.82 Å². The first-order valence-electron chi connectivity index (χ1n) is 7.69. The highest BCUT2D eigenvalue weighted by molar-refractivity contribution is 5.76. The minimum absolute atomic E-state index is 0.0275. The molecular weight excluding hydrogens is 280 g/mol. The zero-order valence-electron chi connectivity index (χ0n) is 13.7. The maximum Gasteiger partial charge on any atom is 0.220 e. The van der Waals surface area contributed by atoms with Crippen molar-refractivity contribution in [3.05, 3.63) is 29.6 Å².